The number of rotatable bonds is 6. The quantitative estimate of drug-likeness (QED) is 0.821. The summed E-state index contributed by atoms with van der Waals surface area (Å²) in [6.07, 6.45) is 0. The van der Waals surface area contributed by atoms with Crippen molar-refractivity contribution in [1.82, 2.24) is 4.90 Å². The second-order valence-electron chi connectivity index (χ2n) is 4.79. The normalized spacial score (nSPS) is 10.8. The predicted molar refractivity (Wildman–Crippen MR) is 86.8 cm³/mol. The van der Waals surface area contributed by atoms with Gasteiger partial charge in [0.1, 0.15) is 12.4 Å². The fourth-order valence-electron chi connectivity index (χ4n) is 1.89. The van der Waals surface area contributed by atoms with Crippen molar-refractivity contribution in [2.45, 2.75) is 6.54 Å². The number of nitrogen functional groups attached to an aromatic ring is 1. The molecule has 0 aliphatic carbocycles. The minimum absolute atomic E-state index is 0.669. The molecule has 0 spiro atoms. The molecule has 0 bridgehead atoms. The lowest BCUT2D eigenvalue weighted by atomic mass is 10.2. The van der Waals surface area contributed by atoms with Gasteiger partial charge in [0, 0.05) is 23.2 Å². The molecule has 106 valence electrons. The number of likely N-dealkylation sites (N-methyl/N-ethyl adjacent to an activating group) is 1. The van der Waals surface area contributed by atoms with Gasteiger partial charge in [-0.2, -0.15) is 0 Å². The van der Waals surface area contributed by atoms with Crippen molar-refractivity contribution < 1.29 is 4.74 Å². The van der Waals surface area contributed by atoms with Crippen LogP contribution in [0.5, 0.6) is 5.75 Å². The largest absolute Gasteiger partial charge is 0.492 e. The van der Waals surface area contributed by atoms with Crippen LogP contribution in [0.4, 0.5) is 5.69 Å². The van der Waals surface area contributed by atoms with Gasteiger partial charge in [-0.1, -0.05) is 34.1 Å². The number of hydrogen-bond acceptors (Lipinski definition) is 3. The number of hydrogen-bond donors (Lipinski definition) is 1. The van der Waals surface area contributed by atoms with Crippen LogP contribution in [0.3, 0.4) is 0 Å². The summed E-state index contributed by atoms with van der Waals surface area (Å²) < 4.78 is 6.76. The van der Waals surface area contributed by atoms with Crippen molar-refractivity contribution in [1.29, 1.82) is 0 Å². The summed E-state index contributed by atoms with van der Waals surface area (Å²) >= 11 is 3.43. The molecule has 0 radical (unpaired) electrons. The van der Waals surface area contributed by atoms with Crippen LogP contribution in [0.25, 0.3) is 0 Å². The van der Waals surface area contributed by atoms with Crippen LogP contribution in [-0.4, -0.2) is 25.1 Å². The number of anilines is 1. The molecule has 0 aromatic heterocycles. The first-order valence-corrected chi connectivity index (χ1v) is 7.34. The lowest BCUT2D eigenvalue weighted by Gasteiger charge is -2.17. The van der Waals surface area contributed by atoms with E-state index in [-0.39, 0.29) is 0 Å². The van der Waals surface area contributed by atoms with E-state index >= 15 is 0 Å². The molecule has 0 unspecified atom stereocenters. The number of benzene rings is 2. The van der Waals surface area contributed by atoms with Gasteiger partial charge in [0.15, 0.2) is 0 Å². The van der Waals surface area contributed by atoms with Crippen molar-refractivity contribution in [2.24, 2.45) is 0 Å². The van der Waals surface area contributed by atoms with Crippen molar-refractivity contribution in [3.63, 3.8) is 0 Å². The van der Waals surface area contributed by atoms with E-state index in [1.54, 1.807) is 0 Å². The van der Waals surface area contributed by atoms with Crippen LogP contribution in [0.15, 0.2) is 53.0 Å². The molecule has 2 aromatic carbocycles. The molecule has 0 saturated heterocycles. The van der Waals surface area contributed by atoms with Gasteiger partial charge in [-0.25, -0.2) is 0 Å². The fraction of sp³-hybridized carbons (Fsp3) is 0.250. The minimum Gasteiger partial charge on any atom is -0.492 e. The predicted octanol–water partition coefficient (Wildman–Crippen LogP) is 3.54. The third-order valence-electron chi connectivity index (χ3n) is 2.97. The van der Waals surface area contributed by atoms with E-state index in [2.05, 4.69) is 40.0 Å². The van der Waals surface area contributed by atoms with Crippen molar-refractivity contribution >= 4 is 21.6 Å². The molecular formula is C16H19BrN2O. The fourth-order valence-corrected chi connectivity index (χ4v) is 2.27. The maximum Gasteiger partial charge on any atom is 0.120 e. The van der Waals surface area contributed by atoms with Gasteiger partial charge in [-0.05, 0) is 42.9 Å². The Balaban J connectivity index is 1.75. The van der Waals surface area contributed by atoms with Gasteiger partial charge in [0.2, 0.25) is 0 Å². The summed E-state index contributed by atoms with van der Waals surface area (Å²) in [6.45, 7) is 2.43. The number of ether oxygens (including phenoxy) is 1. The van der Waals surface area contributed by atoms with Gasteiger partial charge in [0.05, 0.1) is 0 Å². The van der Waals surface area contributed by atoms with E-state index in [1.807, 2.05) is 36.4 Å². The average molecular weight is 335 g/mol. The standard InChI is InChI=1S/C16H19BrN2O/c1-19(12-13-5-7-15(18)8-6-13)9-10-20-16-4-2-3-14(17)11-16/h2-8,11H,9-10,12,18H2,1H3. The van der Waals surface area contributed by atoms with E-state index in [9.17, 15) is 0 Å². The number of nitrogens with zero attached hydrogens (tertiary/aromatic N) is 1. The van der Waals surface area contributed by atoms with Gasteiger partial charge in [-0.15, -0.1) is 0 Å². The molecule has 2 aromatic rings. The Labute approximate surface area is 128 Å². The van der Waals surface area contributed by atoms with E-state index in [0.717, 1.165) is 29.0 Å². The Hall–Kier alpha value is -1.52. The first kappa shape index (κ1) is 14.9. The Kier molecular flexibility index (Phi) is 5.44. The maximum absolute atomic E-state index is 5.72. The van der Waals surface area contributed by atoms with Crippen LogP contribution in [0.1, 0.15) is 5.56 Å². The monoisotopic (exact) mass is 334 g/mol. The van der Waals surface area contributed by atoms with Gasteiger partial charge >= 0.3 is 0 Å². The maximum atomic E-state index is 5.72. The van der Waals surface area contributed by atoms with Crippen LogP contribution in [-0.2, 0) is 6.54 Å². The van der Waals surface area contributed by atoms with Crippen molar-refractivity contribution in [3.05, 3.63) is 58.6 Å². The van der Waals surface area contributed by atoms with E-state index < -0.39 is 0 Å². The lowest BCUT2D eigenvalue weighted by Crippen LogP contribution is -2.23. The van der Waals surface area contributed by atoms with Crippen LogP contribution >= 0.6 is 15.9 Å². The Bertz CT molecular complexity index is 542. The van der Waals surface area contributed by atoms with E-state index in [4.69, 9.17) is 10.5 Å². The highest BCUT2D eigenvalue weighted by Gasteiger charge is 2.01. The molecule has 0 amide bonds. The summed E-state index contributed by atoms with van der Waals surface area (Å²) in [5.41, 5.74) is 7.73. The van der Waals surface area contributed by atoms with Crippen LogP contribution in [0.2, 0.25) is 0 Å². The number of nitrogens with two attached hydrogens (primary N) is 1. The summed E-state index contributed by atoms with van der Waals surface area (Å²) in [5.74, 6) is 0.889. The van der Waals surface area contributed by atoms with Crippen LogP contribution in [0, 0.1) is 0 Å². The van der Waals surface area contributed by atoms with Crippen molar-refractivity contribution in [3.8, 4) is 5.75 Å². The summed E-state index contributed by atoms with van der Waals surface area (Å²) in [6, 6.07) is 15.9. The highest BCUT2D eigenvalue weighted by molar-refractivity contribution is 9.10. The van der Waals surface area contributed by atoms with Gasteiger partial charge in [-0.3, -0.25) is 4.90 Å². The van der Waals surface area contributed by atoms with E-state index in [1.165, 1.54) is 5.56 Å². The zero-order valence-corrected chi connectivity index (χ0v) is 13.1. The third kappa shape index (κ3) is 4.87. The summed E-state index contributed by atoms with van der Waals surface area (Å²) in [7, 11) is 2.08. The first-order chi connectivity index (χ1) is 9.63. The Morgan fingerprint density at radius 1 is 1.15 bits per heavy atom. The molecule has 20 heavy (non-hydrogen) atoms. The molecule has 0 atom stereocenters. The third-order valence-corrected chi connectivity index (χ3v) is 3.46. The molecule has 0 fully saturated rings. The van der Waals surface area contributed by atoms with Gasteiger partial charge < -0.3 is 10.5 Å². The zero-order valence-electron chi connectivity index (χ0n) is 11.6. The second kappa shape index (κ2) is 7.31. The molecule has 3 nitrogen and oxygen atoms in total. The smallest absolute Gasteiger partial charge is 0.120 e. The van der Waals surface area contributed by atoms with E-state index in [0.29, 0.717) is 6.61 Å². The summed E-state index contributed by atoms with van der Waals surface area (Å²) in [4.78, 5) is 2.23. The minimum atomic E-state index is 0.669. The zero-order chi connectivity index (χ0) is 14.4. The highest BCUT2D eigenvalue weighted by atomic mass is 79.9. The molecule has 2 N–H and O–H groups in total. The molecule has 0 aliphatic rings. The molecule has 4 heteroatoms. The molecular weight excluding hydrogens is 316 g/mol. The Morgan fingerprint density at radius 2 is 1.90 bits per heavy atom. The molecule has 2 rings (SSSR count). The Morgan fingerprint density at radius 3 is 2.60 bits per heavy atom. The topological polar surface area (TPSA) is 38.5 Å². The molecule has 0 heterocycles. The number of halogens is 1. The van der Waals surface area contributed by atoms with Crippen molar-refractivity contribution in [2.75, 3.05) is 25.9 Å². The highest BCUT2D eigenvalue weighted by Crippen LogP contribution is 2.17. The van der Waals surface area contributed by atoms with Gasteiger partial charge in [0.25, 0.3) is 0 Å². The molecule has 0 aliphatic heterocycles. The average Bonchev–Trinajstić information content (AvgIpc) is 2.41. The molecule has 0 saturated carbocycles. The lowest BCUT2D eigenvalue weighted by molar-refractivity contribution is 0.233. The summed E-state index contributed by atoms with van der Waals surface area (Å²) in [5, 5.41) is 0. The first-order valence-electron chi connectivity index (χ1n) is 6.55. The van der Waals surface area contributed by atoms with Crippen LogP contribution < -0.4 is 10.5 Å². The second-order valence-corrected chi connectivity index (χ2v) is 5.70. The SMILES string of the molecule is CN(CCOc1cccc(Br)c1)Cc1ccc(N)cc1.